The Morgan fingerprint density at radius 2 is 2.16 bits per heavy atom. The second-order valence-corrected chi connectivity index (χ2v) is 9.96. The molecule has 0 aliphatic carbocycles. The molecule has 0 amide bonds. The van der Waals surface area contributed by atoms with Crippen molar-refractivity contribution >= 4 is 55.0 Å². The molecule has 19 heavy (non-hydrogen) atoms. The molecule has 1 heterocycles. The Balaban J connectivity index is 2.98. The van der Waals surface area contributed by atoms with Crippen molar-refractivity contribution in [3.63, 3.8) is 0 Å². The molecule has 0 fully saturated rings. The van der Waals surface area contributed by atoms with Gasteiger partial charge in [-0.1, -0.05) is 0 Å². The molecule has 0 spiro atoms. The fraction of sp³-hybridized carbons (Fsp3) is 0.500. The minimum absolute atomic E-state index is 0.0172. The van der Waals surface area contributed by atoms with Crippen molar-refractivity contribution in [1.29, 1.82) is 0 Å². The lowest BCUT2D eigenvalue weighted by Gasteiger charge is -2.22. The van der Waals surface area contributed by atoms with E-state index in [-0.39, 0.29) is 21.1 Å². The standard InChI is InChI=1S/C10H14BrNO4S3/c1-10(2,17-3)5-12-19(15,16)7-4-6(9(13)14)18-8(7)11/h4,12H,5H2,1-3H3,(H,13,14). The molecule has 0 saturated carbocycles. The predicted molar refractivity (Wildman–Crippen MR) is 81.8 cm³/mol. The fourth-order valence-corrected chi connectivity index (χ4v) is 4.98. The van der Waals surface area contributed by atoms with Gasteiger partial charge in [-0.3, -0.25) is 0 Å². The summed E-state index contributed by atoms with van der Waals surface area (Å²) in [5, 5.41) is 8.86. The summed E-state index contributed by atoms with van der Waals surface area (Å²) in [6.45, 7) is 4.11. The lowest BCUT2D eigenvalue weighted by Crippen LogP contribution is -2.36. The van der Waals surface area contributed by atoms with Crippen LogP contribution in [0.3, 0.4) is 0 Å². The van der Waals surface area contributed by atoms with E-state index in [0.717, 1.165) is 17.4 Å². The van der Waals surface area contributed by atoms with Crippen LogP contribution in [-0.4, -0.2) is 37.0 Å². The number of hydrogen-bond donors (Lipinski definition) is 2. The van der Waals surface area contributed by atoms with E-state index in [1.54, 1.807) is 11.8 Å². The highest BCUT2D eigenvalue weighted by Gasteiger charge is 2.25. The van der Waals surface area contributed by atoms with Crippen molar-refractivity contribution in [3.05, 3.63) is 14.7 Å². The summed E-state index contributed by atoms with van der Waals surface area (Å²) in [4.78, 5) is 10.8. The molecule has 5 nitrogen and oxygen atoms in total. The number of carbonyl (C=O) groups is 1. The Labute approximate surface area is 129 Å². The number of thioether (sulfide) groups is 1. The number of carboxylic acids is 1. The van der Waals surface area contributed by atoms with Gasteiger partial charge in [0.2, 0.25) is 10.0 Å². The number of nitrogens with one attached hydrogen (secondary N) is 1. The third-order valence-electron chi connectivity index (χ3n) is 2.40. The lowest BCUT2D eigenvalue weighted by atomic mass is 10.2. The molecule has 9 heteroatoms. The topological polar surface area (TPSA) is 83.5 Å². The average Bonchev–Trinajstić information content (AvgIpc) is 2.70. The first kappa shape index (κ1) is 17.0. The van der Waals surface area contributed by atoms with Crippen molar-refractivity contribution in [1.82, 2.24) is 4.72 Å². The molecule has 0 unspecified atom stereocenters. The highest BCUT2D eigenvalue weighted by molar-refractivity contribution is 9.11. The van der Waals surface area contributed by atoms with Crippen molar-refractivity contribution in [2.75, 3.05) is 12.8 Å². The lowest BCUT2D eigenvalue weighted by molar-refractivity contribution is 0.0702. The molecule has 0 atom stereocenters. The SMILES string of the molecule is CSC(C)(C)CNS(=O)(=O)c1cc(C(=O)O)sc1Br. The first-order valence-electron chi connectivity index (χ1n) is 5.16. The van der Waals surface area contributed by atoms with Crippen LogP contribution in [0.4, 0.5) is 0 Å². The van der Waals surface area contributed by atoms with Crippen LogP contribution in [0.15, 0.2) is 14.7 Å². The van der Waals surface area contributed by atoms with Gasteiger partial charge in [-0.2, -0.15) is 11.8 Å². The molecule has 0 aromatic carbocycles. The minimum atomic E-state index is -3.71. The van der Waals surface area contributed by atoms with Gasteiger partial charge in [-0.15, -0.1) is 11.3 Å². The zero-order valence-electron chi connectivity index (χ0n) is 10.6. The maximum Gasteiger partial charge on any atom is 0.345 e. The number of aromatic carboxylic acids is 1. The maximum absolute atomic E-state index is 12.1. The first-order chi connectivity index (χ1) is 8.59. The second-order valence-electron chi connectivity index (χ2n) is 4.34. The van der Waals surface area contributed by atoms with Gasteiger partial charge in [0.15, 0.2) is 0 Å². The number of halogens is 1. The summed E-state index contributed by atoms with van der Waals surface area (Å²) in [5.74, 6) is -1.14. The molecule has 0 aliphatic heterocycles. The molecule has 1 aromatic rings. The van der Waals surface area contributed by atoms with E-state index >= 15 is 0 Å². The van der Waals surface area contributed by atoms with Crippen LogP contribution in [-0.2, 0) is 10.0 Å². The van der Waals surface area contributed by atoms with Crippen molar-refractivity contribution in [3.8, 4) is 0 Å². The van der Waals surface area contributed by atoms with E-state index in [1.807, 2.05) is 20.1 Å². The van der Waals surface area contributed by atoms with Crippen molar-refractivity contribution in [2.45, 2.75) is 23.5 Å². The van der Waals surface area contributed by atoms with E-state index in [1.165, 1.54) is 0 Å². The Kier molecular flexibility index (Phi) is 5.47. The highest BCUT2D eigenvalue weighted by atomic mass is 79.9. The quantitative estimate of drug-likeness (QED) is 0.783. The largest absolute Gasteiger partial charge is 0.477 e. The fourth-order valence-electron chi connectivity index (χ4n) is 1.06. The van der Waals surface area contributed by atoms with Crippen LogP contribution >= 0.6 is 39.0 Å². The molecule has 0 saturated heterocycles. The van der Waals surface area contributed by atoms with Crippen molar-refractivity contribution in [2.24, 2.45) is 0 Å². The van der Waals surface area contributed by atoms with E-state index < -0.39 is 16.0 Å². The number of hydrogen-bond acceptors (Lipinski definition) is 5. The minimum Gasteiger partial charge on any atom is -0.477 e. The number of sulfonamides is 1. The van der Waals surface area contributed by atoms with E-state index in [2.05, 4.69) is 20.7 Å². The van der Waals surface area contributed by atoms with Gasteiger partial charge >= 0.3 is 5.97 Å². The molecule has 2 N–H and O–H groups in total. The monoisotopic (exact) mass is 387 g/mol. The first-order valence-corrected chi connectivity index (χ1v) is 9.48. The summed E-state index contributed by atoms with van der Waals surface area (Å²) in [7, 11) is -3.71. The molecule has 0 aliphatic rings. The summed E-state index contributed by atoms with van der Waals surface area (Å²) in [6.07, 6.45) is 1.90. The van der Waals surface area contributed by atoms with Crippen LogP contribution in [0.25, 0.3) is 0 Å². The van der Waals surface area contributed by atoms with E-state index in [0.29, 0.717) is 3.79 Å². The molecule has 1 aromatic heterocycles. The average molecular weight is 388 g/mol. The summed E-state index contributed by atoms with van der Waals surface area (Å²) in [5.41, 5.74) is 0. The van der Waals surface area contributed by atoms with Gasteiger partial charge in [-0.25, -0.2) is 17.9 Å². The smallest absolute Gasteiger partial charge is 0.345 e. The Morgan fingerprint density at radius 3 is 2.58 bits per heavy atom. The molecular formula is C10H14BrNO4S3. The van der Waals surface area contributed by atoms with Gasteiger partial charge in [-0.05, 0) is 42.1 Å². The maximum atomic E-state index is 12.1. The summed E-state index contributed by atoms with van der Waals surface area (Å²) in [6, 6.07) is 1.16. The summed E-state index contributed by atoms with van der Waals surface area (Å²) >= 11 is 5.52. The normalized spacial score (nSPS) is 12.6. The van der Waals surface area contributed by atoms with Crippen LogP contribution in [0.1, 0.15) is 23.5 Å². The van der Waals surface area contributed by atoms with Gasteiger partial charge in [0.05, 0.1) is 3.79 Å². The molecular weight excluding hydrogens is 374 g/mol. The molecule has 0 radical (unpaired) electrons. The van der Waals surface area contributed by atoms with Gasteiger partial charge < -0.3 is 5.11 Å². The summed E-state index contributed by atoms with van der Waals surface area (Å²) < 4.78 is 26.8. The van der Waals surface area contributed by atoms with Gasteiger partial charge in [0.1, 0.15) is 9.77 Å². The predicted octanol–water partition coefficient (Wildman–Crippen LogP) is 2.63. The van der Waals surface area contributed by atoms with Gasteiger partial charge in [0.25, 0.3) is 0 Å². The van der Waals surface area contributed by atoms with E-state index in [9.17, 15) is 13.2 Å². The van der Waals surface area contributed by atoms with Crippen LogP contribution in [0.5, 0.6) is 0 Å². The number of rotatable bonds is 6. The van der Waals surface area contributed by atoms with Gasteiger partial charge in [0, 0.05) is 11.3 Å². The zero-order chi connectivity index (χ0) is 14.8. The number of carboxylic acid groups (broad SMARTS) is 1. The Morgan fingerprint density at radius 1 is 1.58 bits per heavy atom. The van der Waals surface area contributed by atoms with Crippen LogP contribution in [0.2, 0.25) is 0 Å². The van der Waals surface area contributed by atoms with E-state index in [4.69, 9.17) is 5.11 Å². The molecule has 1 rings (SSSR count). The molecule has 0 bridgehead atoms. The molecule has 108 valence electrons. The highest BCUT2D eigenvalue weighted by Crippen LogP contribution is 2.32. The third-order valence-corrected chi connectivity index (χ3v) is 7.29. The second kappa shape index (κ2) is 6.13. The van der Waals surface area contributed by atoms with Crippen LogP contribution in [0, 0.1) is 0 Å². The van der Waals surface area contributed by atoms with Crippen molar-refractivity contribution < 1.29 is 18.3 Å². The Hall–Kier alpha value is -0.0900. The Bertz CT molecular complexity index is 580. The third kappa shape index (κ3) is 4.45. The zero-order valence-corrected chi connectivity index (χ0v) is 14.6. The van der Waals surface area contributed by atoms with Crippen LogP contribution < -0.4 is 4.72 Å². The number of thiophene rings is 1.